The lowest BCUT2D eigenvalue weighted by Crippen LogP contribution is -2.55. The van der Waals surface area contributed by atoms with Gasteiger partial charge in [0.25, 0.3) is 0 Å². The average molecular weight is 405 g/mol. The van der Waals surface area contributed by atoms with Crippen LogP contribution in [0.4, 0.5) is 0 Å². The van der Waals surface area contributed by atoms with Crippen molar-refractivity contribution in [3.8, 4) is 6.07 Å². The van der Waals surface area contributed by atoms with Crippen molar-refractivity contribution >= 4 is 15.7 Å². The minimum Gasteiger partial charge on any atom is -0.355 e. The number of likely N-dealkylation sites (N-methyl/N-ethyl adjacent to an activating group) is 1. The quantitative estimate of drug-likeness (QED) is 0.695. The molecule has 0 aromatic heterocycles. The van der Waals surface area contributed by atoms with Crippen LogP contribution in [-0.4, -0.2) is 74.7 Å². The summed E-state index contributed by atoms with van der Waals surface area (Å²) in [6.07, 6.45) is 2.81. The van der Waals surface area contributed by atoms with Crippen LogP contribution in [-0.2, 0) is 14.6 Å². The molecule has 2 atom stereocenters. The normalized spacial score (nSPS) is 22.7. The Morgan fingerprint density at radius 1 is 1.21 bits per heavy atom. The molecule has 2 fully saturated rings. The number of amides is 1. The number of nitrogens with one attached hydrogen (secondary N) is 1. The van der Waals surface area contributed by atoms with Gasteiger partial charge in [0.1, 0.15) is 0 Å². The minimum absolute atomic E-state index is 0.0730. The van der Waals surface area contributed by atoms with Crippen molar-refractivity contribution in [3.05, 3.63) is 29.8 Å². The Kier molecular flexibility index (Phi) is 6.70. The van der Waals surface area contributed by atoms with Crippen LogP contribution in [0.3, 0.4) is 0 Å². The summed E-state index contributed by atoms with van der Waals surface area (Å²) in [5.41, 5.74) is 0.459. The summed E-state index contributed by atoms with van der Waals surface area (Å²) in [6, 6.07) is 8.93. The Bertz CT molecular complexity index is 818. The van der Waals surface area contributed by atoms with Crippen molar-refractivity contribution in [1.82, 2.24) is 15.1 Å². The first-order valence-corrected chi connectivity index (χ1v) is 11.6. The zero-order valence-corrected chi connectivity index (χ0v) is 17.1. The third kappa shape index (κ3) is 4.90. The Hall–Kier alpha value is -1.95. The van der Waals surface area contributed by atoms with E-state index in [4.69, 9.17) is 5.26 Å². The molecule has 0 radical (unpaired) electrons. The van der Waals surface area contributed by atoms with E-state index in [-0.39, 0.29) is 16.6 Å². The van der Waals surface area contributed by atoms with E-state index in [9.17, 15) is 13.2 Å². The van der Waals surface area contributed by atoms with Gasteiger partial charge in [-0.05, 0) is 57.0 Å². The molecule has 0 aliphatic carbocycles. The third-order valence-corrected chi connectivity index (χ3v) is 7.44. The maximum absolute atomic E-state index is 12.5. The van der Waals surface area contributed by atoms with Crippen molar-refractivity contribution < 1.29 is 13.2 Å². The fourth-order valence-corrected chi connectivity index (χ4v) is 5.62. The maximum Gasteiger partial charge on any atom is 0.234 e. The lowest BCUT2D eigenvalue weighted by atomic mass is 10.1. The van der Waals surface area contributed by atoms with Gasteiger partial charge in [-0.3, -0.25) is 14.6 Å². The maximum atomic E-state index is 12.5. The molecule has 0 spiro atoms. The molecule has 2 saturated heterocycles. The summed E-state index contributed by atoms with van der Waals surface area (Å²) in [7, 11) is -3.33. The Balaban J connectivity index is 1.50. The summed E-state index contributed by atoms with van der Waals surface area (Å²) in [5, 5.41) is 11.7. The van der Waals surface area contributed by atoms with Gasteiger partial charge in [0.2, 0.25) is 5.91 Å². The molecule has 2 bridgehead atoms. The van der Waals surface area contributed by atoms with Crippen molar-refractivity contribution in [2.45, 2.75) is 43.2 Å². The Labute approximate surface area is 167 Å². The lowest BCUT2D eigenvalue weighted by Gasteiger charge is -2.40. The van der Waals surface area contributed by atoms with E-state index in [0.29, 0.717) is 37.2 Å². The van der Waals surface area contributed by atoms with Crippen LogP contribution < -0.4 is 5.32 Å². The number of hydrogen-bond donors (Lipinski definition) is 1. The second-order valence-corrected chi connectivity index (χ2v) is 9.69. The first-order valence-electron chi connectivity index (χ1n) is 9.90. The molecule has 1 aromatic rings. The molecule has 2 heterocycles. The standard InChI is InChI=1S/C20H28N4O3S/c1-2-22-20(25)15-23-13-17-6-7-18(14-23)24(17)10-3-11-28(26,27)19-8-4-16(12-21)5-9-19/h4-5,8-9,17-18H,2-3,6-7,10-11,13-15H2,1H3,(H,22,25). The zero-order valence-electron chi connectivity index (χ0n) is 16.3. The van der Waals surface area contributed by atoms with E-state index >= 15 is 0 Å². The highest BCUT2D eigenvalue weighted by atomic mass is 32.2. The van der Waals surface area contributed by atoms with E-state index in [1.165, 1.54) is 12.1 Å². The molecular weight excluding hydrogens is 376 g/mol. The number of fused-ring (bicyclic) bond motifs is 2. The predicted molar refractivity (Wildman–Crippen MR) is 106 cm³/mol. The van der Waals surface area contributed by atoms with Crippen molar-refractivity contribution in [1.29, 1.82) is 5.26 Å². The number of carbonyl (C=O) groups is 1. The number of nitrogens with zero attached hydrogens (tertiary/aromatic N) is 3. The number of nitriles is 1. The van der Waals surface area contributed by atoms with Crippen LogP contribution in [0, 0.1) is 11.3 Å². The average Bonchev–Trinajstić information content (AvgIpc) is 2.91. The summed E-state index contributed by atoms with van der Waals surface area (Å²) in [6.45, 7) is 5.53. The molecule has 1 amide bonds. The Morgan fingerprint density at radius 2 is 1.86 bits per heavy atom. The van der Waals surface area contributed by atoms with Gasteiger partial charge in [0, 0.05) is 31.7 Å². The molecule has 152 valence electrons. The molecule has 0 saturated carbocycles. The number of benzene rings is 1. The largest absolute Gasteiger partial charge is 0.355 e. The van der Waals surface area contributed by atoms with Crippen LogP contribution >= 0.6 is 0 Å². The number of hydrogen-bond acceptors (Lipinski definition) is 6. The van der Waals surface area contributed by atoms with E-state index in [2.05, 4.69) is 15.1 Å². The third-order valence-electron chi connectivity index (χ3n) is 5.62. The molecular formula is C20H28N4O3S. The fourth-order valence-electron chi connectivity index (χ4n) is 4.32. The molecule has 1 aromatic carbocycles. The second kappa shape index (κ2) is 9.03. The SMILES string of the molecule is CCNC(=O)CN1CC2CCC(C1)N2CCCS(=O)(=O)c1ccc(C#N)cc1. The molecule has 28 heavy (non-hydrogen) atoms. The number of carbonyl (C=O) groups excluding carboxylic acids is 1. The van der Waals surface area contributed by atoms with Crippen LogP contribution in [0.15, 0.2) is 29.2 Å². The van der Waals surface area contributed by atoms with Crippen molar-refractivity contribution in [3.63, 3.8) is 0 Å². The minimum atomic E-state index is -3.33. The first kappa shape index (κ1) is 20.8. The van der Waals surface area contributed by atoms with E-state index < -0.39 is 9.84 Å². The summed E-state index contributed by atoms with van der Waals surface area (Å²) < 4.78 is 25.1. The zero-order chi connectivity index (χ0) is 20.1. The van der Waals surface area contributed by atoms with E-state index in [0.717, 1.165) is 32.5 Å². The van der Waals surface area contributed by atoms with Crippen LogP contribution in [0.2, 0.25) is 0 Å². The van der Waals surface area contributed by atoms with Gasteiger partial charge in [-0.1, -0.05) is 0 Å². The van der Waals surface area contributed by atoms with Crippen LogP contribution in [0.25, 0.3) is 0 Å². The first-order chi connectivity index (χ1) is 13.4. The highest BCUT2D eigenvalue weighted by Gasteiger charge is 2.39. The van der Waals surface area contributed by atoms with E-state index in [1.807, 2.05) is 13.0 Å². The van der Waals surface area contributed by atoms with Gasteiger partial charge in [-0.25, -0.2) is 8.42 Å². The monoisotopic (exact) mass is 404 g/mol. The van der Waals surface area contributed by atoms with Gasteiger partial charge in [0.05, 0.1) is 28.8 Å². The van der Waals surface area contributed by atoms with Crippen molar-refractivity contribution in [2.24, 2.45) is 0 Å². The smallest absolute Gasteiger partial charge is 0.234 e. The number of likely N-dealkylation sites (tertiary alicyclic amines) is 1. The van der Waals surface area contributed by atoms with E-state index in [1.54, 1.807) is 12.1 Å². The number of rotatable bonds is 8. The predicted octanol–water partition coefficient (Wildman–Crippen LogP) is 1.01. The molecule has 8 heteroatoms. The molecule has 3 rings (SSSR count). The van der Waals surface area contributed by atoms with Crippen LogP contribution in [0.5, 0.6) is 0 Å². The highest BCUT2D eigenvalue weighted by Crippen LogP contribution is 2.30. The summed E-state index contributed by atoms with van der Waals surface area (Å²) in [4.78, 5) is 16.8. The summed E-state index contributed by atoms with van der Waals surface area (Å²) >= 11 is 0. The fraction of sp³-hybridized carbons (Fsp3) is 0.600. The van der Waals surface area contributed by atoms with Gasteiger partial charge >= 0.3 is 0 Å². The molecule has 2 aliphatic rings. The van der Waals surface area contributed by atoms with Gasteiger partial charge in [-0.15, -0.1) is 0 Å². The number of piperazine rings is 1. The number of sulfone groups is 1. The molecule has 7 nitrogen and oxygen atoms in total. The van der Waals surface area contributed by atoms with Gasteiger partial charge < -0.3 is 5.32 Å². The van der Waals surface area contributed by atoms with Crippen LogP contribution in [0.1, 0.15) is 31.7 Å². The lowest BCUT2D eigenvalue weighted by molar-refractivity contribution is -0.122. The summed E-state index contributed by atoms with van der Waals surface area (Å²) in [5.74, 6) is 0.182. The second-order valence-electron chi connectivity index (χ2n) is 7.58. The van der Waals surface area contributed by atoms with Gasteiger partial charge in [-0.2, -0.15) is 5.26 Å². The topological polar surface area (TPSA) is 93.5 Å². The molecule has 2 unspecified atom stereocenters. The highest BCUT2D eigenvalue weighted by molar-refractivity contribution is 7.91. The van der Waals surface area contributed by atoms with Gasteiger partial charge in [0.15, 0.2) is 9.84 Å². The molecule has 1 N–H and O–H groups in total. The van der Waals surface area contributed by atoms with Crippen molar-refractivity contribution in [2.75, 3.05) is 38.5 Å². The molecule has 2 aliphatic heterocycles. The Morgan fingerprint density at radius 3 is 2.43 bits per heavy atom.